The highest BCUT2D eigenvalue weighted by atomic mass is 35.5. The topological polar surface area (TPSA) is 89.2 Å². The number of rotatable bonds is 3. The molecule has 6 nitrogen and oxygen atoms in total. The zero-order chi connectivity index (χ0) is 16.9. The maximum absolute atomic E-state index is 12.2. The monoisotopic (exact) mass is 363 g/mol. The molecule has 0 amide bonds. The molecule has 1 aromatic carbocycles. The summed E-state index contributed by atoms with van der Waals surface area (Å²) in [5.41, 5.74) is 11.9. The number of halogens is 4. The van der Waals surface area contributed by atoms with E-state index in [4.69, 9.17) is 11.5 Å². The molecular weight excluding hydrogens is 347 g/mol. The van der Waals surface area contributed by atoms with E-state index in [-0.39, 0.29) is 36.6 Å². The number of aliphatic imine (C=N–C) groups is 2. The first kappa shape index (κ1) is 19.6. The minimum atomic E-state index is -4.73. The lowest BCUT2D eigenvalue weighted by Crippen LogP contribution is -2.36. The second-order valence-corrected chi connectivity index (χ2v) is 4.72. The minimum absolute atomic E-state index is 0. The van der Waals surface area contributed by atoms with Crippen molar-refractivity contribution in [2.24, 2.45) is 21.5 Å². The molecule has 0 aliphatic carbocycles. The predicted octanol–water partition coefficient (Wildman–Crippen LogP) is 2.01. The van der Waals surface area contributed by atoms with Gasteiger partial charge in [-0.05, 0) is 17.7 Å². The molecule has 1 heterocycles. The van der Waals surface area contributed by atoms with E-state index >= 15 is 0 Å². The Morgan fingerprint density at radius 3 is 2.50 bits per heavy atom. The van der Waals surface area contributed by atoms with Gasteiger partial charge in [0, 0.05) is 13.1 Å². The number of guanidine groups is 2. The van der Waals surface area contributed by atoms with E-state index in [9.17, 15) is 13.2 Å². The molecule has 1 aliphatic heterocycles. The molecule has 0 saturated carbocycles. The zero-order valence-electron chi connectivity index (χ0n) is 12.5. The van der Waals surface area contributed by atoms with Crippen molar-refractivity contribution in [3.63, 3.8) is 0 Å². The Morgan fingerprint density at radius 1 is 1.21 bits per heavy atom. The van der Waals surface area contributed by atoms with Gasteiger partial charge in [-0.25, -0.2) is 4.99 Å². The molecule has 24 heavy (non-hydrogen) atoms. The van der Waals surface area contributed by atoms with Crippen LogP contribution in [0.2, 0.25) is 0 Å². The largest absolute Gasteiger partial charge is 0.573 e. The molecular formula is C14H17ClF3N5O. The summed E-state index contributed by atoms with van der Waals surface area (Å²) in [7, 11) is 0. The summed E-state index contributed by atoms with van der Waals surface area (Å²) in [5, 5.41) is 0. The van der Waals surface area contributed by atoms with Crippen LogP contribution in [0.3, 0.4) is 0 Å². The van der Waals surface area contributed by atoms with Crippen LogP contribution >= 0.6 is 12.4 Å². The van der Waals surface area contributed by atoms with Crippen molar-refractivity contribution in [2.75, 3.05) is 13.1 Å². The summed E-state index contributed by atoms with van der Waals surface area (Å²) >= 11 is 0. The van der Waals surface area contributed by atoms with Crippen molar-refractivity contribution in [3.05, 3.63) is 42.0 Å². The highest BCUT2D eigenvalue weighted by Gasteiger charge is 2.31. The van der Waals surface area contributed by atoms with E-state index < -0.39 is 6.36 Å². The van der Waals surface area contributed by atoms with Gasteiger partial charge in [-0.2, -0.15) is 4.99 Å². The average molecular weight is 364 g/mol. The van der Waals surface area contributed by atoms with Gasteiger partial charge in [0.05, 0.1) is 6.54 Å². The van der Waals surface area contributed by atoms with Crippen LogP contribution in [0.1, 0.15) is 5.56 Å². The molecule has 0 spiro atoms. The molecule has 0 unspecified atom stereocenters. The minimum Gasteiger partial charge on any atom is -0.406 e. The number of ether oxygens (including phenoxy) is 1. The second kappa shape index (κ2) is 8.44. The van der Waals surface area contributed by atoms with E-state index in [2.05, 4.69) is 14.7 Å². The molecule has 2 rings (SSSR count). The first-order chi connectivity index (χ1) is 10.8. The molecule has 0 fully saturated rings. The number of alkyl halides is 3. The van der Waals surface area contributed by atoms with Crippen molar-refractivity contribution in [1.29, 1.82) is 0 Å². The van der Waals surface area contributed by atoms with E-state index in [1.807, 2.05) is 12.2 Å². The van der Waals surface area contributed by atoms with E-state index in [1.165, 1.54) is 18.2 Å². The van der Waals surface area contributed by atoms with Gasteiger partial charge < -0.3 is 21.1 Å². The highest BCUT2D eigenvalue weighted by molar-refractivity contribution is 5.93. The summed E-state index contributed by atoms with van der Waals surface area (Å²) in [5.74, 6) is -0.114. The lowest BCUT2D eigenvalue weighted by atomic mass is 10.2. The Morgan fingerprint density at radius 2 is 1.88 bits per heavy atom. The Labute approximate surface area is 143 Å². The molecule has 0 bridgehead atoms. The first-order valence-corrected chi connectivity index (χ1v) is 6.72. The summed E-state index contributed by atoms with van der Waals surface area (Å²) in [6.45, 7) is 1.37. The molecule has 1 aromatic rings. The standard InChI is InChI=1S/C14H16F3N5O.ClH/c15-14(16,17)23-11-5-3-4-10(8-11)9-20-12(18)21-13(19)22-6-1-2-7-22;/h1-5,8H,6-7,9H2,(H4,18,19,20,21);1H. The van der Waals surface area contributed by atoms with Crippen LogP contribution in [0.25, 0.3) is 0 Å². The summed E-state index contributed by atoms with van der Waals surface area (Å²) < 4.78 is 40.3. The SMILES string of the molecule is Cl.NC(=NCc1cccc(OC(F)(F)F)c1)N=C(N)N1CC=CC1. The van der Waals surface area contributed by atoms with Crippen LogP contribution in [0.5, 0.6) is 5.75 Å². The molecule has 10 heteroatoms. The number of nitrogens with zero attached hydrogens (tertiary/aromatic N) is 3. The third kappa shape index (κ3) is 6.37. The molecule has 4 N–H and O–H groups in total. The quantitative estimate of drug-likeness (QED) is 0.488. The molecule has 0 aromatic heterocycles. The van der Waals surface area contributed by atoms with Crippen LogP contribution < -0.4 is 16.2 Å². The van der Waals surface area contributed by atoms with Crippen molar-refractivity contribution in [2.45, 2.75) is 12.9 Å². The van der Waals surface area contributed by atoms with Crippen molar-refractivity contribution < 1.29 is 17.9 Å². The maximum Gasteiger partial charge on any atom is 0.573 e. The van der Waals surface area contributed by atoms with Gasteiger partial charge in [0.25, 0.3) is 0 Å². The Kier molecular flexibility index (Phi) is 6.90. The maximum atomic E-state index is 12.2. The lowest BCUT2D eigenvalue weighted by Gasteiger charge is -2.15. The molecule has 1 aliphatic rings. The zero-order valence-corrected chi connectivity index (χ0v) is 13.3. The van der Waals surface area contributed by atoms with Crippen LogP contribution in [-0.4, -0.2) is 36.3 Å². The predicted molar refractivity (Wildman–Crippen MR) is 88.0 cm³/mol. The van der Waals surface area contributed by atoms with Gasteiger partial charge >= 0.3 is 6.36 Å². The van der Waals surface area contributed by atoms with Crippen LogP contribution in [0, 0.1) is 0 Å². The van der Waals surface area contributed by atoms with Crippen LogP contribution in [0.15, 0.2) is 46.4 Å². The van der Waals surface area contributed by atoms with Crippen molar-refractivity contribution in [3.8, 4) is 5.75 Å². The summed E-state index contributed by atoms with van der Waals surface area (Å²) in [6.07, 6.45) is -0.840. The van der Waals surface area contributed by atoms with Gasteiger partial charge in [-0.3, -0.25) is 0 Å². The fourth-order valence-electron chi connectivity index (χ4n) is 1.90. The normalized spacial score (nSPS) is 15.4. The van der Waals surface area contributed by atoms with E-state index in [0.717, 1.165) is 0 Å². The number of hydrogen-bond donors (Lipinski definition) is 2. The fourth-order valence-corrected chi connectivity index (χ4v) is 1.90. The lowest BCUT2D eigenvalue weighted by molar-refractivity contribution is -0.274. The Balaban J connectivity index is 0.00000288. The number of benzene rings is 1. The molecule has 0 atom stereocenters. The second-order valence-electron chi connectivity index (χ2n) is 4.72. The van der Waals surface area contributed by atoms with Crippen LogP contribution in [0.4, 0.5) is 13.2 Å². The third-order valence-corrected chi connectivity index (χ3v) is 2.93. The van der Waals surface area contributed by atoms with Gasteiger partial charge in [0.1, 0.15) is 5.75 Å². The van der Waals surface area contributed by atoms with E-state index in [1.54, 1.807) is 11.0 Å². The molecule has 132 valence electrons. The third-order valence-electron chi connectivity index (χ3n) is 2.93. The van der Waals surface area contributed by atoms with E-state index in [0.29, 0.717) is 18.7 Å². The van der Waals surface area contributed by atoms with Gasteiger partial charge in [0.15, 0.2) is 5.96 Å². The molecule has 0 saturated heterocycles. The van der Waals surface area contributed by atoms with Gasteiger partial charge in [0.2, 0.25) is 5.96 Å². The first-order valence-electron chi connectivity index (χ1n) is 6.72. The Hall–Kier alpha value is -2.42. The fraction of sp³-hybridized carbons (Fsp3) is 0.286. The summed E-state index contributed by atoms with van der Waals surface area (Å²) in [4.78, 5) is 9.73. The van der Waals surface area contributed by atoms with Crippen molar-refractivity contribution >= 4 is 24.3 Å². The highest BCUT2D eigenvalue weighted by Crippen LogP contribution is 2.23. The van der Waals surface area contributed by atoms with Crippen LogP contribution in [-0.2, 0) is 6.54 Å². The van der Waals surface area contributed by atoms with Crippen molar-refractivity contribution in [1.82, 2.24) is 4.90 Å². The average Bonchev–Trinajstić information content (AvgIpc) is 2.98. The van der Waals surface area contributed by atoms with Gasteiger partial charge in [-0.15, -0.1) is 25.6 Å². The number of nitrogens with two attached hydrogens (primary N) is 2. The Bertz CT molecular complexity index is 638. The molecule has 0 radical (unpaired) electrons. The van der Waals surface area contributed by atoms with Gasteiger partial charge in [-0.1, -0.05) is 24.3 Å². The smallest absolute Gasteiger partial charge is 0.406 e. The summed E-state index contributed by atoms with van der Waals surface area (Å²) in [6, 6.07) is 5.50. The number of hydrogen-bond acceptors (Lipinski definition) is 2.